The van der Waals surface area contributed by atoms with Crippen molar-refractivity contribution in [3.63, 3.8) is 0 Å². The van der Waals surface area contributed by atoms with Crippen LogP contribution in [-0.4, -0.2) is 62.2 Å². The Hall–Kier alpha value is -3.11. The summed E-state index contributed by atoms with van der Waals surface area (Å²) >= 11 is 12.6. The second-order valence-electron chi connectivity index (χ2n) is 9.91. The number of nitrogens with zero attached hydrogens (tertiary/aromatic N) is 3. The molecule has 0 aromatic heterocycles. The van der Waals surface area contributed by atoms with Crippen LogP contribution in [0.4, 0.5) is 5.69 Å². The van der Waals surface area contributed by atoms with Crippen LogP contribution in [0.25, 0.3) is 0 Å². The molecular formula is C30H36Cl2N4O4S. The summed E-state index contributed by atoms with van der Waals surface area (Å²) in [6.07, 6.45) is 0.912. The normalized spacial score (nSPS) is 13.0. The summed E-state index contributed by atoms with van der Waals surface area (Å²) in [6.45, 7) is 3.28. The largest absolute Gasteiger partial charge is 0.352 e. The van der Waals surface area contributed by atoms with Crippen molar-refractivity contribution in [3.05, 3.63) is 100 Å². The van der Waals surface area contributed by atoms with Gasteiger partial charge in [0.25, 0.3) is 0 Å². The van der Waals surface area contributed by atoms with Crippen LogP contribution in [0.5, 0.6) is 0 Å². The number of amides is 2. The standard InChI is InChI=1S/C30H36Cl2N4O4S/c1-5-22(2)33-30(38)28(18-23-12-8-6-9-13-23)35(20-24-16-17-25(31)19-27(24)32)29(37)21-36(41(39,40)34(3)4)26-14-10-7-11-15-26/h6-17,19,22,28H,5,18,20-21H2,1-4H3,(H,33,38)/t22-,28+/m0/s1. The molecule has 1 N–H and O–H groups in total. The monoisotopic (exact) mass is 618 g/mol. The highest BCUT2D eigenvalue weighted by Crippen LogP contribution is 2.25. The molecule has 0 aliphatic carbocycles. The summed E-state index contributed by atoms with van der Waals surface area (Å²) in [5.74, 6) is -0.908. The maximum atomic E-state index is 14.2. The van der Waals surface area contributed by atoms with Crippen molar-refractivity contribution < 1.29 is 18.0 Å². The van der Waals surface area contributed by atoms with Crippen LogP contribution in [0.3, 0.4) is 0 Å². The third-order valence-corrected chi connectivity index (χ3v) is 9.10. The average Bonchev–Trinajstić information content (AvgIpc) is 2.95. The zero-order valence-electron chi connectivity index (χ0n) is 23.6. The molecule has 8 nitrogen and oxygen atoms in total. The number of benzene rings is 3. The lowest BCUT2D eigenvalue weighted by Crippen LogP contribution is -2.55. The first-order valence-electron chi connectivity index (χ1n) is 13.3. The zero-order chi connectivity index (χ0) is 30.2. The molecule has 0 saturated carbocycles. The number of para-hydroxylation sites is 1. The van der Waals surface area contributed by atoms with Crippen molar-refractivity contribution >= 4 is 50.9 Å². The quantitative estimate of drug-likeness (QED) is 0.286. The Morgan fingerprint density at radius 3 is 2.10 bits per heavy atom. The molecule has 2 atom stereocenters. The second kappa shape index (κ2) is 14.7. The van der Waals surface area contributed by atoms with Crippen LogP contribution >= 0.6 is 23.2 Å². The molecule has 3 aromatic carbocycles. The first-order valence-corrected chi connectivity index (χ1v) is 15.4. The summed E-state index contributed by atoms with van der Waals surface area (Å²) in [4.78, 5) is 29.4. The molecule has 11 heteroatoms. The summed E-state index contributed by atoms with van der Waals surface area (Å²) in [7, 11) is -1.26. The van der Waals surface area contributed by atoms with Gasteiger partial charge in [-0.1, -0.05) is 84.7 Å². The smallest absolute Gasteiger partial charge is 0.304 e. The molecule has 0 radical (unpaired) electrons. The molecule has 0 spiro atoms. The van der Waals surface area contributed by atoms with Crippen molar-refractivity contribution in [2.24, 2.45) is 0 Å². The van der Waals surface area contributed by atoms with E-state index in [4.69, 9.17) is 23.2 Å². The number of rotatable bonds is 13. The fourth-order valence-corrected chi connectivity index (χ4v) is 5.66. The lowest BCUT2D eigenvalue weighted by molar-refractivity contribution is -0.140. The molecular weight excluding hydrogens is 583 g/mol. The first kappa shape index (κ1) is 32.4. The Balaban J connectivity index is 2.11. The minimum atomic E-state index is -4.06. The second-order valence-corrected chi connectivity index (χ2v) is 12.8. The predicted molar refractivity (Wildman–Crippen MR) is 165 cm³/mol. The van der Waals surface area contributed by atoms with E-state index in [9.17, 15) is 18.0 Å². The molecule has 3 rings (SSSR count). The summed E-state index contributed by atoms with van der Waals surface area (Å²) in [5.41, 5.74) is 1.74. The van der Waals surface area contributed by atoms with E-state index in [0.717, 1.165) is 14.2 Å². The van der Waals surface area contributed by atoms with Gasteiger partial charge in [-0.05, 0) is 48.7 Å². The first-order chi connectivity index (χ1) is 19.4. The highest BCUT2D eigenvalue weighted by molar-refractivity contribution is 7.90. The Kier molecular flexibility index (Phi) is 11.6. The van der Waals surface area contributed by atoms with E-state index in [1.165, 1.54) is 19.0 Å². The fourth-order valence-electron chi connectivity index (χ4n) is 4.14. The Labute approximate surface area is 253 Å². The molecule has 0 aliphatic rings. The zero-order valence-corrected chi connectivity index (χ0v) is 26.0. The van der Waals surface area contributed by atoms with Crippen LogP contribution in [0.1, 0.15) is 31.4 Å². The van der Waals surface area contributed by atoms with Crippen molar-refractivity contribution in [2.75, 3.05) is 24.9 Å². The maximum Gasteiger partial charge on any atom is 0.304 e. The van der Waals surface area contributed by atoms with Gasteiger partial charge in [-0.15, -0.1) is 0 Å². The Morgan fingerprint density at radius 1 is 0.927 bits per heavy atom. The van der Waals surface area contributed by atoms with Gasteiger partial charge in [0.05, 0.1) is 5.69 Å². The molecule has 0 bridgehead atoms. The van der Waals surface area contributed by atoms with Gasteiger partial charge in [-0.25, -0.2) is 4.31 Å². The lowest BCUT2D eigenvalue weighted by atomic mass is 10.0. The molecule has 2 amide bonds. The predicted octanol–water partition coefficient (Wildman–Crippen LogP) is 5.16. The van der Waals surface area contributed by atoms with E-state index in [-0.39, 0.29) is 24.9 Å². The highest BCUT2D eigenvalue weighted by atomic mass is 35.5. The van der Waals surface area contributed by atoms with E-state index >= 15 is 0 Å². The Bertz CT molecular complexity index is 1420. The van der Waals surface area contributed by atoms with E-state index in [1.54, 1.807) is 48.5 Å². The van der Waals surface area contributed by atoms with Gasteiger partial charge in [-0.2, -0.15) is 12.7 Å². The molecule has 41 heavy (non-hydrogen) atoms. The minimum Gasteiger partial charge on any atom is -0.352 e. The van der Waals surface area contributed by atoms with E-state index in [0.29, 0.717) is 27.7 Å². The number of hydrogen-bond acceptors (Lipinski definition) is 4. The number of carbonyl (C=O) groups is 2. The number of hydrogen-bond donors (Lipinski definition) is 1. The number of anilines is 1. The van der Waals surface area contributed by atoms with E-state index < -0.39 is 28.7 Å². The van der Waals surface area contributed by atoms with Crippen molar-refractivity contribution in [3.8, 4) is 0 Å². The average molecular weight is 620 g/mol. The SMILES string of the molecule is CC[C@H](C)NC(=O)[C@@H](Cc1ccccc1)N(Cc1ccc(Cl)cc1Cl)C(=O)CN(c1ccccc1)S(=O)(=O)N(C)C. The topological polar surface area (TPSA) is 90.0 Å². The molecule has 0 heterocycles. The van der Waals surface area contributed by atoms with E-state index in [1.807, 2.05) is 44.2 Å². The Morgan fingerprint density at radius 2 is 1.54 bits per heavy atom. The van der Waals surface area contributed by atoms with Crippen molar-refractivity contribution in [1.82, 2.24) is 14.5 Å². The molecule has 0 unspecified atom stereocenters. The minimum absolute atomic E-state index is 0.0368. The third kappa shape index (κ3) is 8.69. The van der Waals surface area contributed by atoms with Gasteiger partial charge in [0.2, 0.25) is 11.8 Å². The highest BCUT2D eigenvalue weighted by Gasteiger charge is 2.35. The van der Waals surface area contributed by atoms with Gasteiger partial charge in [-0.3, -0.25) is 9.59 Å². The van der Waals surface area contributed by atoms with Crippen LogP contribution in [0.2, 0.25) is 10.0 Å². The van der Waals surface area contributed by atoms with Gasteiger partial charge >= 0.3 is 10.2 Å². The molecule has 220 valence electrons. The summed E-state index contributed by atoms with van der Waals surface area (Å²) in [6, 6.07) is 21.6. The van der Waals surface area contributed by atoms with E-state index in [2.05, 4.69) is 5.32 Å². The van der Waals surface area contributed by atoms with Crippen molar-refractivity contribution in [1.29, 1.82) is 0 Å². The molecule has 3 aromatic rings. The van der Waals surface area contributed by atoms with Crippen LogP contribution in [0.15, 0.2) is 78.9 Å². The third-order valence-electron chi connectivity index (χ3n) is 6.69. The molecule has 0 aliphatic heterocycles. The van der Waals surface area contributed by atoms with Crippen LogP contribution in [0, 0.1) is 0 Å². The summed E-state index contributed by atoms with van der Waals surface area (Å²) in [5, 5.41) is 3.76. The molecule has 0 saturated heterocycles. The van der Waals surface area contributed by atoms with Gasteiger partial charge in [0.1, 0.15) is 12.6 Å². The van der Waals surface area contributed by atoms with Crippen LogP contribution < -0.4 is 9.62 Å². The number of nitrogens with one attached hydrogen (secondary N) is 1. The van der Waals surface area contributed by atoms with Crippen LogP contribution in [-0.2, 0) is 32.8 Å². The van der Waals surface area contributed by atoms with Gasteiger partial charge in [0, 0.05) is 43.1 Å². The lowest BCUT2D eigenvalue weighted by Gasteiger charge is -2.35. The number of carbonyl (C=O) groups excluding carboxylic acids is 2. The molecule has 0 fully saturated rings. The summed E-state index contributed by atoms with van der Waals surface area (Å²) < 4.78 is 28.9. The van der Waals surface area contributed by atoms with Gasteiger partial charge in [0.15, 0.2) is 0 Å². The van der Waals surface area contributed by atoms with Crippen molar-refractivity contribution in [2.45, 2.75) is 45.3 Å². The fraction of sp³-hybridized carbons (Fsp3) is 0.333. The van der Waals surface area contributed by atoms with Gasteiger partial charge < -0.3 is 10.2 Å². The number of halogens is 2. The maximum absolute atomic E-state index is 14.2.